The van der Waals surface area contributed by atoms with Crippen LogP contribution in [0.3, 0.4) is 0 Å². The average Bonchev–Trinajstić information content (AvgIpc) is 3.82. The Labute approximate surface area is 363 Å². The van der Waals surface area contributed by atoms with E-state index in [-0.39, 0.29) is 32.0 Å². The van der Waals surface area contributed by atoms with Gasteiger partial charge in [-0.05, 0) is 69.3 Å². The number of hydrogen-bond donors (Lipinski definition) is 0. The molecule has 0 saturated heterocycles. The molecule has 0 bridgehead atoms. The fraction of sp³-hybridized carbons (Fsp3) is 0.0943. The summed E-state index contributed by atoms with van der Waals surface area (Å²) in [6.07, 6.45) is 1.87. The SMILES string of the molecule is [2H]C([2H])([2H])c1cccc2c1[N+](c1c(-c3ccccc3)cccc1-c1ccccc1)=C=[N+]2c1[c-]c(Oc2[c-]c3c(cc2)c2ccccc2n3-c2cc(C(C)(C)C)ccn2)ccc1.[Pt+2]. The van der Waals surface area contributed by atoms with Gasteiger partial charge in [-0.3, -0.25) is 0 Å². The molecule has 0 radical (unpaired) electrons. The van der Waals surface area contributed by atoms with Gasteiger partial charge in [0, 0.05) is 39.0 Å². The van der Waals surface area contributed by atoms with Gasteiger partial charge in [0.2, 0.25) is 5.69 Å². The van der Waals surface area contributed by atoms with E-state index in [1.807, 2.05) is 100 Å². The topological polar surface area (TPSA) is 33.1 Å². The van der Waals surface area contributed by atoms with E-state index >= 15 is 0 Å². The van der Waals surface area contributed by atoms with E-state index < -0.39 is 6.85 Å². The number of rotatable bonds is 7. The van der Waals surface area contributed by atoms with Crippen LogP contribution in [0, 0.1) is 19.0 Å². The number of benzene rings is 7. The molecule has 9 aromatic rings. The first-order valence-corrected chi connectivity index (χ1v) is 19.4. The molecule has 59 heavy (non-hydrogen) atoms. The van der Waals surface area contributed by atoms with Crippen LogP contribution in [-0.2, 0) is 26.5 Å². The van der Waals surface area contributed by atoms with Crippen molar-refractivity contribution in [3.05, 3.63) is 193 Å². The third-order valence-electron chi connectivity index (χ3n) is 10.7. The van der Waals surface area contributed by atoms with Crippen molar-refractivity contribution < 1.29 is 29.9 Å². The summed E-state index contributed by atoms with van der Waals surface area (Å²) < 4.78 is 38.6. The van der Waals surface area contributed by atoms with Gasteiger partial charge < -0.3 is 9.30 Å². The van der Waals surface area contributed by atoms with Crippen molar-refractivity contribution in [2.75, 3.05) is 0 Å². The molecule has 10 rings (SSSR count). The van der Waals surface area contributed by atoms with Crippen molar-refractivity contribution >= 4 is 50.6 Å². The van der Waals surface area contributed by atoms with E-state index in [0.717, 1.165) is 55.6 Å². The Balaban J connectivity index is 0.00000490. The summed E-state index contributed by atoms with van der Waals surface area (Å²) in [5.41, 5.74) is 9.72. The molecule has 0 atom stereocenters. The maximum absolute atomic E-state index is 8.68. The molecule has 7 aromatic carbocycles. The van der Waals surface area contributed by atoms with E-state index in [9.17, 15) is 0 Å². The van der Waals surface area contributed by atoms with Crippen LogP contribution in [0.25, 0.3) is 49.9 Å². The molecule has 0 fully saturated rings. The molecule has 1 aliphatic rings. The summed E-state index contributed by atoms with van der Waals surface area (Å²) in [6, 6.07) is 64.8. The minimum Gasteiger partial charge on any atom is -0.509 e. The van der Waals surface area contributed by atoms with Crippen molar-refractivity contribution in [1.29, 1.82) is 0 Å². The predicted molar refractivity (Wildman–Crippen MR) is 238 cm³/mol. The fourth-order valence-electron chi connectivity index (χ4n) is 7.91. The monoisotopic (exact) mass is 946 g/mol. The molecule has 0 unspecified atom stereocenters. The third-order valence-corrected chi connectivity index (χ3v) is 10.7. The largest absolute Gasteiger partial charge is 2.00 e. The summed E-state index contributed by atoms with van der Waals surface area (Å²) in [5.74, 6) is 1.79. The Bertz CT molecular complexity index is 3180. The molecule has 0 spiro atoms. The number of fused-ring (bicyclic) bond motifs is 4. The molecule has 6 heteroatoms. The van der Waals surface area contributed by atoms with Crippen LogP contribution >= 0.6 is 0 Å². The first-order chi connectivity index (χ1) is 29.5. The maximum Gasteiger partial charge on any atom is 2.00 e. The zero-order valence-corrected chi connectivity index (χ0v) is 35.0. The standard InChI is InChI=1S/C53H40N4O.Pt/c1-36-16-13-27-48-51(36)56(52-43(37-17-7-5-8-18-37)24-15-25-44(52)38-19-9-6-10-20-38)35-55(48)40-21-14-22-41(33-40)58-42-28-29-46-45-23-11-12-26-47(45)57(49(46)34-42)50-32-39(30-31-54-50)53(2,3)4;/h5-32H,1-4H3;/q;+2/i1D3;. The smallest absolute Gasteiger partial charge is 0.509 e. The van der Waals surface area contributed by atoms with Gasteiger partial charge in [0.05, 0.1) is 11.1 Å². The van der Waals surface area contributed by atoms with E-state index in [2.05, 4.69) is 110 Å². The van der Waals surface area contributed by atoms with E-state index in [4.69, 9.17) is 13.8 Å². The second kappa shape index (κ2) is 15.3. The van der Waals surface area contributed by atoms with Gasteiger partial charge in [0.15, 0.2) is 0 Å². The second-order valence-corrected chi connectivity index (χ2v) is 15.5. The number of hydrogen-bond acceptors (Lipinski definition) is 2. The van der Waals surface area contributed by atoms with Crippen LogP contribution in [0.5, 0.6) is 11.5 Å². The molecule has 0 saturated carbocycles. The average molecular weight is 947 g/mol. The minimum atomic E-state index is -2.41. The van der Waals surface area contributed by atoms with Crippen molar-refractivity contribution in [3.8, 4) is 39.6 Å². The van der Waals surface area contributed by atoms with Gasteiger partial charge in [-0.2, -0.15) is 12.1 Å². The minimum absolute atomic E-state index is 0. The number of nitrogens with zero attached hydrogens (tertiary/aromatic N) is 4. The van der Waals surface area contributed by atoms with Crippen molar-refractivity contribution in [1.82, 2.24) is 18.7 Å². The quantitative estimate of drug-likeness (QED) is 0.118. The Morgan fingerprint density at radius 2 is 1.32 bits per heavy atom. The third kappa shape index (κ3) is 6.83. The molecule has 1 aliphatic heterocycles. The number of pyridine rings is 1. The van der Waals surface area contributed by atoms with E-state index in [0.29, 0.717) is 28.6 Å². The fourth-order valence-corrected chi connectivity index (χ4v) is 7.91. The number of aryl methyl sites for hydroxylation is 1. The number of ether oxygens (including phenoxy) is 1. The molecule has 5 nitrogen and oxygen atoms in total. The van der Waals surface area contributed by atoms with Crippen LogP contribution < -0.4 is 13.9 Å². The van der Waals surface area contributed by atoms with Gasteiger partial charge in [0.25, 0.3) is 5.69 Å². The summed E-state index contributed by atoms with van der Waals surface area (Å²) in [6.45, 7) is 4.19. The zero-order chi connectivity index (χ0) is 41.9. The van der Waals surface area contributed by atoms with Crippen molar-refractivity contribution in [3.63, 3.8) is 0 Å². The molecule has 286 valence electrons. The molecular weight excluding hydrogens is 904 g/mol. The molecule has 0 amide bonds. The predicted octanol–water partition coefficient (Wildman–Crippen LogP) is 13.4. The zero-order valence-electron chi connectivity index (χ0n) is 35.7. The number of para-hydroxylation sites is 3. The molecule has 0 aliphatic carbocycles. The van der Waals surface area contributed by atoms with E-state index in [1.165, 1.54) is 5.56 Å². The second-order valence-electron chi connectivity index (χ2n) is 15.5. The Morgan fingerprint density at radius 1 is 0.644 bits per heavy atom. The van der Waals surface area contributed by atoms with Crippen LogP contribution in [0.2, 0.25) is 0 Å². The van der Waals surface area contributed by atoms with Crippen molar-refractivity contribution in [2.45, 2.75) is 33.0 Å². The van der Waals surface area contributed by atoms with Crippen LogP contribution in [-0.4, -0.2) is 15.6 Å². The summed E-state index contributed by atoms with van der Waals surface area (Å²) in [5, 5.41) is 2.14. The van der Waals surface area contributed by atoms with Gasteiger partial charge >= 0.3 is 32.8 Å². The molecule has 0 N–H and O–H groups in total. The van der Waals surface area contributed by atoms with Crippen LogP contribution in [0.1, 0.15) is 36.0 Å². The van der Waals surface area contributed by atoms with Crippen LogP contribution in [0.4, 0.5) is 22.7 Å². The Kier molecular flexibility index (Phi) is 8.90. The molecule has 2 aromatic heterocycles. The van der Waals surface area contributed by atoms with Gasteiger partial charge in [0.1, 0.15) is 11.5 Å². The first-order valence-electron chi connectivity index (χ1n) is 20.9. The summed E-state index contributed by atoms with van der Waals surface area (Å²) >= 11 is 0. The van der Waals surface area contributed by atoms with E-state index in [1.54, 1.807) is 12.1 Å². The number of aromatic nitrogens is 2. The van der Waals surface area contributed by atoms with Gasteiger partial charge in [-0.15, -0.1) is 23.6 Å². The molecular formula is C53H40N4OPt+2. The summed E-state index contributed by atoms with van der Waals surface area (Å²) in [4.78, 5) is 4.82. The van der Waals surface area contributed by atoms with Gasteiger partial charge in [-0.25, -0.2) is 4.98 Å². The Morgan fingerprint density at radius 3 is 2.05 bits per heavy atom. The maximum atomic E-state index is 8.68. The normalized spacial score (nSPS) is 13.2. The first kappa shape index (κ1) is 34.4. The summed E-state index contributed by atoms with van der Waals surface area (Å²) in [7, 11) is 0. The van der Waals surface area contributed by atoms with Crippen molar-refractivity contribution in [2.24, 2.45) is 0 Å². The Hall–Kier alpha value is -6.64. The van der Waals surface area contributed by atoms with Gasteiger partial charge in [-0.1, -0.05) is 140 Å². The molecule has 3 heterocycles. The van der Waals surface area contributed by atoms with Crippen LogP contribution in [0.15, 0.2) is 170 Å².